The van der Waals surface area contributed by atoms with Gasteiger partial charge >= 0.3 is 0 Å². The quantitative estimate of drug-likeness (QED) is 0.781. The molecule has 0 amide bonds. The van der Waals surface area contributed by atoms with Crippen LogP contribution in [-0.2, 0) is 17.8 Å². The zero-order chi connectivity index (χ0) is 12.8. The first-order valence-electron chi connectivity index (χ1n) is 6.42. The summed E-state index contributed by atoms with van der Waals surface area (Å²) in [6, 6.07) is 2.04. The van der Waals surface area contributed by atoms with E-state index < -0.39 is 0 Å². The van der Waals surface area contributed by atoms with Gasteiger partial charge in [-0.05, 0) is 25.1 Å². The normalized spacial score (nSPS) is 16.9. The molecular formula is C14H22N2O2. The Hall–Kier alpha value is -1.10. The summed E-state index contributed by atoms with van der Waals surface area (Å²) in [5, 5.41) is 3.16. The SMILES string of the molecule is CNCc1ccoc1CN1CC=C(COC)CC1. The van der Waals surface area contributed by atoms with Crippen molar-refractivity contribution in [2.75, 3.05) is 33.9 Å². The van der Waals surface area contributed by atoms with Gasteiger partial charge in [0, 0.05) is 32.3 Å². The highest BCUT2D eigenvalue weighted by Crippen LogP contribution is 2.17. The number of rotatable bonds is 6. The lowest BCUT2D eigenvalue weighted by atomic mass is 10.1. The maximum Gasteiger partial charge on any atom is 0.122 e. The smallest absolute Gasteiger partial charge is 0.122 e. The van der Waals surface area contributed by atoms with E-state index in [2.05, 4.69) is 16.3 Å². The van der Waals surface area contributed by atoms with E-state index in [-0.39, 0.29) is 0 Å². The van der Waals surface area contributed by atoms with Gasteiger partial charge < -0.3 is 14.5 Å². The summed E-state index contributed by atoms with van der Waals surface area (Å²) in [6.45, 7) is 4.58. The van der Waals surface area contributed by atoms with Crippen molar-refractivity contribution in [1.29, 1.82) is 0 Å². The van der Waals surface area contributed by atoms with Crippen LogP contribution in [0, 0.1) is 0 Å². The average Bonchev–Trinajstić information content (AvgIpc) is 2.80. The van der Waals surface area contributed by atoms with Crippen molar-refractivity contribution in [2.24, 2.45) is 0 Å². The zero-order valence-electron chi connectivity index (χ0n) is 11.2. The van der Waals surface area contributed by atoms with Gasteiger partial charge in [-0.3, -0.25) is 4.90 Å². The van der Waals surface area contributed by atoms with E-state index in [0.717, 1.165) is 45.0 Å². The molecule has 0 saturated carbocycles. The molecule has 18 heavy (non-hydrogen) atoms. The van der Waals surface area contributed by atoms with Crippen molar-refractivity contribution in [3.05, 3.63) is 35.3 Å². The molecule has 2 heterocycles. The Morgan fingerprint density at radius 3 is 3.06 bits per heavy atom. The molecule has 1 aliphatic heterocycles. The second kappa shape index (κ2) is 6.73. The average molecular weight is 250 g/mol. The second-order valence-electron chi connectivity index (χ2n) is 4.68. The summed E-state index contributed by atoms with van der Waals surface area (Å²) in [4.78, 5) is 2.40. The topological polar surface area (TPSA) is 37.6 Å². The monoisotopic (exact) mass is 250 g/mol. The van der Waals surface area contributed by atoms with Crippen LogP contribution in [0.4, 0.5) is 0 Å². The fraction of sp³-hybridized carbons (Fsp3) is 0.571. The fourth-order valence-corrected chi connectivity index (χ4v) is 2.27. The number of methoxy groups -OCH3 is 1. The van der Waals surface area contributed by atoms with Crippen LogP contribution in [0.2, 0.25) is 0 Å². The first-order chi connectivity index (χ1) is 8.83. The van der Waals surface area contributed by atoms with Crippen LogP contribution in [0.25, 0.3) is 0 Å². The molecular weight excluding hydrogens is 228 g/mol. The molecule has 0 radical (unpaired) electrons. The van der Waals surface area contributed by atoms with Gasteiger partial charge in [-0.15, -0.1) is 0 Å². The highest BCUT2D eigenvalue weighted by molar-refractivity contribution is 5.17. The van der Waals surface area contributed by atoms with Crippen LogP contribution in [0.5, 0.6) is 0 Å². The van der Waals surface area contributed by atoms with Crippen molar-refractivity contribution >= 4 is 0 Å². The Bertz CT molecular complexity index is 398. The third-order valence-corrected chi connectivity index (χ3v) is 3.29. The van der Waals surface area contributed by atoms with Crippen molar-refractivity contribution in [3.63, 3.8) is 0 Å². The van der Waals surface area contributed by atoms with Crippen LogP contribution in [-0.4, -0.2) is 38.8 Å². The summed E-state index contributed by atoms with van der Waals surface area (Å²) in [6.07, 6.45) is 5.14. The summed E-state index contributed by atoms with van der Waals surface area (Å²) in [5.41, 5.74) is 2.66. The third kappa shape index (κ3) is 3.45. The Kier molecular flexibility index (Phi) is 4.99. The van der Waals surface area contributed by atoms with Gasteiger partial charge in [0.15, 0.2) is 0 Å². The molecule has 2 rings (SSSR count). The number of nitrogens with one attached hydrogen (secondary N) is 1. The molecule has 0 aliphatic carbocycles. The summed E-state index contributed by atoms with van der Waals surface area (Å²) in [5.74, 6) is 1.08. The predicted molar refractivity (Wildman–Crippen MR) is 71.3 cm³/mol. The minimum absolute atomic E-state index is 0.763. The van der Waals surface area contributed by atoms with Crippen molar-refractivity contribution in [3.8, 4) is 0 Å². The standard InChI is InChI=1S/C14H22N2O2/c1-15-9-13-5-8-18-14(13)10-16-6-3-12(4-7-16)11-17-2/h3,5,8,15H,4,6-7,9-11H2,1-2H3. The van der Waals surface area contributed by atoms with E-state index in [1.165, 1.54) is 11.1 Å². The molecule has 1 aliphatic rings. The van der Waals surface area contributed by atoms with E-state index in [0.29, 0.717) is 0 Å². The van der Waals surface area contributed by atoms with Gasteiger partial charge in [-0.1, -0.05) is 6.08 Å². The van der Waals surface area contributed by atoms with Crippen molar-refractivity contribution < 1.29 is 9.15 Å². The molecule has 0 spiro atoms. The van der Waals surface area contributed by atoms with Crippen LogP contribution in [0.15, 0.2) is 28.4 Å². The van der Waals surface area contributed by atoms with Crippen LogP contribution in [0.1, 0.15) is 17.7 Å². The largest absolute Gasteiger partial charge is 0.468 e. The first kappa shape index (κ1) is 13.3. The van der Waals surface area contributed by atoms with Gasteiger partial charge in [0.2, 0.25) is 0 Å². The van der Waals surface area contributed by atoms with Gasteiger partial charge in [0.1, 0.15) is 5.76 Å². The van der Waals surface area contributed by atoms with E-state index in [9.17, 15) is 0 Å². The molecule has 100 valence electrons. The minimum atomic E-state index is 0.763. The van der Waals surface area contributed by atoms with Crippen molar-refractivity contribution in [1.82, 2.24) is 10.2 Å². The zero-order valence-corrected chi connectivity index (χ0v) is 11.2. The minimum Gasteiger partial charge on any atom is -0.468 e. The lowest BCUT2D eigenvalue weighted by Crippen LogP contribution is -2.29. The van der Waals surface area contributed by atoms with Crippen LogP contribution in [0.3, 0.4) is 0 Å². The summed E-state index contributed by atoms with van der Waals surface area (Å²) < 4.78 is 10.7. The Balaban J connectivity index is 1.89. The molecule has 0 unspecified atom stereocenters. The number of ether oxygens (including phenoxy) is 1. The van der Waals surface area contributed by atoms with E-state index in [4.69, 9.17) is 9.15 Å². The van der Waals surface area contributed by atoms with Crippen LogP contribution < -0.4 is 5.32 Å². The molecule has 1 N–H and O–H groups in total. The maximum absolute atomic E-state index is 5.57. The Morgan fingerprint density at radius 1 is 1.50 bits per heavy atom. The molecule has 4 heteroatoms. The number of nitrogens with zero attached hydrogens (tertiary/aromatic N) is 1. The Morgan fingerprint density at radius 2 is 2.39 bits per heavy atom. The van der Waals surface area contributed by atoms with Gasteiger partial charge in [-0.25, -0.2) is 0 Å². The molecule has 0 fully saturated rings. The lowest BCUT2D eigenvalue weighted by Gasteiger charge is -2.25. The molecule has 0 bridgehead atoms. The molecule has 0 aromatic carbocycles. The lowest BCUT2D eigenvalue weighted by molar-refractivity contribution is 0.206. The fourth-order valence-electron chi connectivity index (χ4n) is 2.27. The van der Waals surface area contributed by atoms with Gasteiger partial charge in [0.05, 0.1) is 19.4 Å². The van der Waals surface area contributed by atoms with E-state index in [1.54, 1.807) is 13.4 Å². The Labute approximate surface area is 109 Å². The molecule has 1 aromatic heterocycles. The highest BCUT2D eigenvalue weighted by Gasteiger charge is 2.15. The van der Waals surface area contributed by atoms with E-state index >= 15 is 0 Å². The number of hydrogen-bond donors (Lipinski definition) is 1. The summed E-state index contributed by atoms with van der Waals surface area (Å²) >= 11 is 0. The second-order valence-corrected chi connectivity index (χ2v) is 4.68. The maximum atomic E-state index is 5.57. The highest BCUT2D eigenvalue weighted by atomic mass is 16.5. The predicted octanol–water partition coefficient (Wildman–Crippen LogP) is 1.78. The van der Waals surface area contributed by atoms with Gasteiger partial charge in [0.25, 0.3) is 0 Å². The van der Waals surface area contributed by atoms with Crippen molar-refractivity contribution in [2.45, 2.75) is 19.5 Å². The first-order valence-corrected chi connectivity index (χ1v) is 6.42. The number of furan rings is 1. The molecule has 4 nitrogen and oxygen atoms in total. The molecule has 1 aromatic rings. The van der Waals surface area contributed by atoms with Gasteiger partial charge in [-0.2, -0.15) is 0 Å². The summed E-state index contributed by atoms with van der Waals surface area (Å²) in [7, 11) is 3.71. The molecule has 0 atom stereocenters. The third-order valence-electron chi connectivity index (χ3n) is 3.29. The van der Waals surface area contributed by atoms with Crippen LogP contribution >= 0.6 is 0 Å². The molecule has 0 saturated heterocycles. The van der Waals surface area contributed by atoms with E-state index in [1.807, 2.05) is 13.1 Å². The number of hydrogen-bond acceptors (Lipinski definition) is 4.